The fraction of sp³-hybridized carbons (Fsp3) is 0.200. The molecule has 0 saturated heterocycles. The molecule has 1 N–H and O–H groups in total. The standard InChI is InChI=1S/C10H9ClN2O3/c1-15-5-9-12-10(16-13-9)6-2-3-8(14)7(11)4-6/h2-4,14H,5H2,1H3. The highest BCUT2D eigenvalue weighted by atomic mass is 35.5. The predicted molar refractivity (Wildman–Crippen MR) is 57.1 cm³/mol. The van der Waals surface area contributed by atoms with E-state index in [1.807, 2.05) is 0 Å². The number of aromatic hydroxyl groups is 1. The predicted octanol–water partition coefficient (Wildman–Crippen LogP) is 2.24. The lowest BCUT2D eigenvalue weighted by Gasteiger charge is -1.97. The minimum atomic E-state index is 0.0158. The molecule has 0 atom stereocenters. The number of halogens is 1. The van der Waals surface area contributed by atoms with Gasteiger partial charge in [-0.1, -0.05) is 16.8 Å². The van der Waals surface area contributed by atoms with Gasteiger partial charge in [0.05, 0.1) is 5.02 Å². The van der Waals surface area contributed by atoms with Gasteiger partial charge in [0.25, 0.3) is 5.89 Å². The number of hydrogen-bond acceptors (Lipinski definition) is 5. The van der Waals surface area contributed by atoms with Crippen LogP contribution in [0.3, 0.4) is 0 Å². The first-order valence-corrected chi connectivity index (χ1v) is 4.89. The van der Waals surface area contributed by atoms with Gasteiger partial charge in [-0.25, -0.2) is 0 Å². The van der Waals surface area contributed by atoms with Crippen molar-refractivity contribution in [1.82, 2.24) is 10.1 Å². The Balaban J connectivity index is 2.31. The second kappa shape index (κ2) is 4.51. The SMILES string of the molecule is COCc1noc(-c2ccc(O)c(Cl)c2)n1. The van der Waals surface area contributed by atoms with Crippen LogP contribution in [-0.2, 0) is 11.3 Å². The van der Waals surface area contributed by atoms with Gasteiger partial charge in [0.1, 0.15) is 12.4 Å². The molecule has 0 unspecified atom stereocenters. The summed E-state index contributed by atoms with van der Waals surface area (Å²) in [4.78, 5) is 4.10. The van der Waals surface area contributed by atoms with E-state index in [0.29, 0.717) is 17.3 Å². The molecule has 84 valence electrons. The normalized spacial score (nSPS) is 10.6. The van der Waals surface area contributed by atoms with Gasteiger partial charge < -0.3 is 14.4 Å². The number of benzene rings is 1. The molecule has 2 aromatic rings. The maximum absolute atomic E-state index is 9.26. The van der Waals surface area contributed by atoms with E-state index in [0.717, 1.165) is 0 Å². The van der Waals surface area contributed by atoms with E-state index in [-0.39, 0.29) is 17.4 Å². The maximum Gasteiger partial charge on any atom is 0.258 e. The van der Waals surface area contributed by atoms with E-state index in [1.54, 1.807) is 19.2 Å². The van der Waals surface area contributed by atoms with E-state index in [4.69, 9.17) is 20.9 Å². The van der Waals surface area contributed by atoms with Crippen LogP contribution in [0.25, 0.3) is 11.5 Å². The molecule has 1 aromatic heterocycles. The van der Waals surface area contributed by atoms with Crippen molar-refractivity contribution in [3.63, 3.8) is 0 Å². The average molecular weight is 241 g/mol. The Morgan fingerprint density at radius 3 is 3.00 bits per heavy atom. The first-order valence-electron chi connectivity index (χ1n) is 4.51. The van der Waals surface area contributed by atoms with Crippen LogP contribution in [0.4, 0.5) is 0 Å². The van der Waals surface area contributed by atoms with Gasteiger partial charge in [-0.2, -0.15) is 4.98 Å². The molecule has 16 heavy (non-hydrogen) atoms. The summed E-state index contributed by atoms with van der Waals surface area (Å²) in [5.41, 5.74) is 0.651. The Hall–Kier alpha value is -1.59. The van der Waals surface area contributed by atoms with E-state index < -0.39 is 0 Å². The van der Waals surface area contributed by atoms with E-state index in [2.05, 4.69) is 10.1 Å². The topological polar surface area (TPSA) is 68.4 Å². The number of methoxy groups -OCH3 is 1. The van der Waals surface area contributed by atoms with Gasteiger partial charge in [-0.3, -0.25) is 0 Å². The molecule has 0 aliphatic rings. The van der Waals surface area contributed by atoms with Gasteiger partial charge in [-0.15, -0.1) is 0 Å². The fourth-order valence-corrected chi connectivity index (χ4v) is 1.38. The average Bonchev–Trinajstić information content (AvgIpc) is 2.71. The smallest absolute Gasteiger partial charge is 0.258 e. The molecule has 1 heterocycles. The molecular formula is C10H9ClN2O3. The lowest BCUT2D eigenvalue weighted by Crippen LogP contribution is -1.89. The highest BCUT2D eigenvalue weighted by Gasteiger charge is 2.10. The molecule has 0 aliphatic carbocycles. The monoisotopic (exact) mass is 240 g/mol. The number of phenols is 1. The number of phenolic OH excluding ortho intramolecular Hbond substituents is 1. The van der Waals surface area contributed by atoms with Crippen molar-refractivity contribution in [3.8, 4) is 17.2 Å². The minimum absolute atomic E-state index is 0.0158. The number of aromatic nitrogens is 2. The first kappa shape index (κ1) is 10.9. The third kappa shape index (κ3) is 2.15. The maximum atomic E-state index is 9.26. The lowest BCUT2D eigenvalue weighted by atomic mass is 10.2. The fourth-order valence-electron chi connectivity index (χ4n) is 1.20. The first-order chi connectivity index (χ1) is 7.70. The second-order valence-electron chi connectivity index (χ2n) is 3.11. The highest BCUT2D eigenvalue weighted by molar-refractivity contribution is 6.32. The third-order valence-corrected chi connectivity index (χ3v) is 2.24. The molecule has 0 aliphatic heterocycles. The van der Waals surface area contributed by atoms with Crippen LogP contribution < -0.4 is 0 Å². The molecule has 1 aromatic carbocycles. The van der Waals surface area contributed by atoms with E-state index in [1.165, 1.54) is 6.07 Å². The van der Waals surface area contributed by atoms with Crippen molar-refractivity contribution >= 4 is 11.6 Å². The van der Waals surface area contributed by atoms with Gasteiger partial charge >= 0.3 is 0 Å². The highest BCUT2D eigenvalue weighted by Crippen LogP contribution is 2.28. The summed E-state index contributed by atoms with van der Waals surface area (Å²) < 4.78 is 9.89. The zero-order valence-electron chi connectivity index (χ0n) is 8.48. The zero-order chi connectivity index (χ0) is 11.5. The Kier molecular flexibility index (Phi) is 3.07. The number of hydrogen-bond donors (Lipinski definition) is 1. The van der Waals surface area contributed by atoms with E-state index >= 15 is 0 Å². The van der Waals surface area contributed by atoms with Crippen LogP contribution in [0.1, 0.15) is 5.82 Å². The number of nitrogens with zero attached hydrogens (tertiary/aromatic N) is 2. The lowest BCUT2D eigenvalue weighted by molar-refractivity contribution is 0.174. The third-order valence-electron chi connectivity index (χ3n) is 1.94. The Labute approximate surface area is 96.6 Å². The van der Waals surface area contributed by atoms with Crippen LogP contribution in [0.15, 0.2) is 22.7 Å². The van der Waals surface area contributed by atoms with Crippen LogP contribution in [0, 0.1) is 0 Å². The van der Waals surface area contributed by atoms with Crippen molar-refractivity contribution in [2.24, 2.45) is 0 Å². The molecule has 6 heteroatoms. The molecule has 0 fully saturated rings. The van der Waals surface area contributed by atoms with Crippen LogP contribution >= 0.6 is 11.6 Å². The largest absolute Gasteiger partial charge is 0.506 e. The zero-order valence-corrected chi connectivity index (χ0v) is 9.23. The van der Waals surface area contributed by atoms with Crippen molar-refractivity contribution in [1.29, 1.82) is 0 Å². The summed E-state index contributed by atoms with van der Waals surface area (Å²) in [6.45, 7) is 0.287. The molecule has 0 amide bonds. The quantitative estimate of drug-likeness (QED) is 0.891. The van der Waals surface area contributed by atoms with Gasteiger partial charge in [0, 0.05) is 12.7 Å². The molecule has 0 saturated carbocycles. The van der Waals surface area contributed by atoms with E-state index in [9.17, 15) is 5.11 Å². The molecule has 2 rings (SSSR count). The molecule has 0 radical (unpaired) electrons. The van der Waals surface area contributed by atoms with Gasteiger partial charge in [-0.05, 0) is 18.2 Å². The van der Waals surface area contributed by atoms with Crippen LogP contribution in [0.5, 0.6) is 5.75 Å². The van der Waals surface area contributed by atoms with Crippen molar-refractivity contribution in [2.75, 3.05) is 7.11 Å². The number of ether oxygens (including phenoxy) is 1. The number of rotatable bonds is 3. The summed E-state index contributed by atoms with van der Waals surface area (Å²) in [6.07, 6.45) is 0. The van der Waals surface area contributed by atoms with Crippen molar-refractivity contribution < 1.29 is 14.4 Å². The van der Waals surface area contributed by atoms with Crippen LogP contribution in [0.2, 0.25) is 5.02 Å². The molecule has 5 nitrogen and oxygen atoms in total. The van der Waals surface area contributed by atoms with Crippen LogP contribution in [-0.4, -0.2) is 22.4 Å². The van der Waals surface area contributed by atoms with Crippen molar-refractivity contribution in [3.05, 3.63) is 29.0 Å². The summed E-state index contributed by atoms with van der Waals surface area (Å²) in [5.74, 6) is 0.817. The summed E-state index contributed by atoms with van der Waals surface area (Å²) in [7, 11) is 1.55. The van der Waals surface area contributed by atoms with Crippen molar-refractivity contribution in [2.45, 2.75) is 6.61 Å². The van der Waals surface area contributed by atoms with Gasteiger partial charge in [0.15, 0.2) is 5.82 Å². The summed E-state index contributed by atoms with van der Waals surface area (Å²) >= 11 is 5.77. The minimum Gasteiger partial charge on any atom is -0.506 e. The molecule has 0 bridgehead atoms. The molecular weight excluding hydrogens is 232 g/mol. The van der Waals surface area contributed by atoms with Gasteiger partial charge in [0.2, 0.25) is 0 Å². The Morgan fingerprint density at radius 1 is 1.50 bits per heavy atom. The molecule has 0 spiro atoms. The Bertz CT molecular complexity index is 499. The Morgan fingerprint density at radius 2 is 2.31 bits per heavy atom. The second-order valence-corrected chi connectivity index (χ2v) is 3.52. The summed E-state index contributed by atoms with van der Waals surface area (Å²) in [6, 6.07) is 4.67. The summed E-state index contributed by atoms with van der Waals surface area (Å²) in [5, 5.41) is 13.2.